The van der Waals surface area contributed by atoms with E-state index in [-0.39, 0.29) is 12.2 Å². The summed E-state index contributed by atoms with van der Waals surface area (Å²) in [4.78, 5) is 4.17. The molecule has 0 saturated heterocycles. The molecule has 1 unspecified atom stereocenters. The molecule has 2 aromatic carbocycles. The van der Waals surface area contributed by atoms with E-state index in [1.807, 2.05) is 36.4 Å². The molecule has 3 rings (SSSR count). The fourth-order valence-electron chi connectivity index (χ4n) is 2.89. The lowest BCUT2D eigenvalue weighted by Gasteiger charge is -2.27. The SMILES string of the molecule is CC1(S(=O)(=O)O)C=C(N)N=C(Nc2ccccc2-c2ccc(C#N)cc2)C1. The number of anilines is 1. The Labute approximate surface area is 157 Å². The smallest absolute Gasteiger partial charge is 0.274 e. The second kappa shape index (κ2) is 6.87. The van der Waals surface area contributed by atoms with E-state index in [1.165, 1.54) is 13.0 Å². The second-order valence-corrected chi connectivity index (χ2v) is 8.33. The van der Waals surface area contributed by atoms with Gasteiger partial charge in [-0.15, -0.1) is 0 Å². The Morgan fingerprint density at radius 2 is 1.89 bits per heavy atom. The number of hydrogen-bond donors (Lipinski definition) is 3. The van der Waals surface area contributed by atoms with Gasteiger partial charge >= 0.3 is 0 Å². The van der Waals surface area contributed by atoms with Crippen LogP contribution in [0.2, 0.25) is 0 Å². The van der Waals surface area contributed by atoms with Crippen LogP contribution in [-0.2, 0) is 10.1 Å². The van der Waals surface area contributed by atoms with Crippen LogP contribution < -0.4 is 11.1 Å². The fraction of sp³-hybridized carbons (Fsp3) is 0.158. The number of amidine groups is 1. The first kappa shape index (κ1) is 18.6. The van der Waals surface area contributed by atoms with Crippen molar-refractivity contribution in [3.63, 3.8) is 0 Å². The van der Waals surface area contributed by atoms with E-state index in [9.17, 15) is 13.0 Å². The summed E-state index contributed by atoms with van der Waals surface area (Å²) in [6.45, 7) is 1.39. The van der Waals surface area contributed by atoms with E-state index >= 15 is 0 Å². The lowest BCUT2D eigenvalue weighted by atomic mass is 10.0. The van der Waals surface area contributed by atoms with Crippen LogP contribution in [0.25, 0.3) is 11.1 Å². The number of nitrogens with one attached hydrogen (secondary N) is 1. The summed E-state index contributed by atoms with van der Waals surface area (Å²) in [5.74, 6) is 0.343. The number of para-hydroxylation sites is 1. The molecule has 1 atom stereocenters. The number of benzene rings is 2. The van der Waals surface area contributed by atoms with E-state index in [1.54, 1.807) is 12.1 Å². The molecule has 0 fully saturated rings. The third kappa shape index (κ3) is 3.84. The third-order valence-electron chi connectivity index (χ3n) is 4.36. The van der Waals surface area contributed by atoms with Crippen LogP contribution in [0.1, 0.15) is 18.9 Å². The Bertz CT molecular complexity index is 1080. The second-order valence-electron chi connectivity index (χ2n) is 6.45. The molecule has 138 valence electrons. The van der Waals surface area contributed by atoms with Crippen molar-refractivity contribution in [2.75, 3.05) is 5.32 Å². The zero-order valence-electron chi connectivity index (χ0n) is 14.5. The Hall–Kier alpha value is -3.15. The molecule has 0 spiro atoms. The number of aliphatic imine (C=N–C) groups is 1. The summed E-state index contributed by atoms with van der Waals surface area (Å²) in [6.07, 6.45) is 1.19. The van der Waals surface area contributed by atoms with Gasteiger partial charge in [0.2, 0.25) is 0 Å². The highest BCUT2D eigenvalue weighted by atomic mass is 32.2. The summed E-state index contributed by atoms with van der Waals surface area (Å²) >= 11 is 0. The van der Waals surface area contributed by atoms with Crippen LogP contribution in [0.4, 0.5) is 5.69 Å². The standard InChI is InChI=1S/C19H18N4O3S/c1-19(27(24,25)26)10-17(21)23-18(11-19)22-16-5-3-2-4-15(16)14-8-6-13(12-20)7-9-14/h2-10H,11,21H2,1H3,(H,22,23)(H,24,25,26). The number of hydrogen-bond acceptors (Lipinski definition) is 6. The van der Waals surface area contributed by atoms with E-state index in [0.29, 0.717) is 17.1 Å². The lowest BCUT2D eigenvalue weighted by Crippen LogP contribution is -2.40. The van der Waals surface area contributed by atoms with Gasteiger partial charge in [0.1, 0.15) is 16.4 Å². The molecule has 0 bridgehead atoms. The maximum atomic E-state index is 11.7. The van der Waals surface area contributed by atoms with Gasteiger partial charge in [-0.05, 0) is 36.8 Å². The van der Waals surface area contributed by atoms with Crippen molar-refractivity contribution in [1.29, 1.82) is 5.26 Å². The van der Waals surface area contributed by atoms with Crippen molar-refractivity contribution in [1.82, 2.24) is 0 Å². The van der Waals surface area contributed by atoms with Crippen molar-refractivity contribution in [3.05, 3.63) is 66.0 Å². The topological polar surface area (TPSA) is 129 Å². The Morgan fingerprint density at radius 3 is 2.52 bits per heavy atom. The number of nitrogens with zero attached hydrogens (tertiary/aromatic N) is 2. The minimum atomic E-state index is -4.36. The molecule has 0 radical (unpaired) electrons. The van der Waals surface area contributed by atoms with Crippen LogP contribution >= 0.6 is 0 Å². The molecule has 1 heterocycles. The van der Waals surface area contributed by atoms with Crippen LogP contribution in [0.3, 0.4) is 0 Å². The summed E-state index contributed by atoms with van der Waals surface area (Å²) in [7, 11) is -4.36. The highest BCUT2D eigenvalue weighted by molar-refractivity contribution is 7.87. The minimum Gasteiger partial charge on any atom is -0.384 e. The predicted molar refractivity (Wildman–Crippen MR) is 104 cm³/mol. The van der Waals surface area contributed by atoms with Gasteiger partial charge in [-0.1, -0.05) is 30.3 Å². The maximum Gasteiger partial charge on any atom is 0.274 e. The highest BCUT2D eigenvalue weighted by Gasteiger charge is 2.40. The van der Waals surface area contributed by atoms with Gasteiger partial charge in [0, 0.05) is 17.7 Å². The molecule has 8 heteroatoms. The average molecular weight is 382 g/mol. The van der Waals surface area contributed by atoms with Crippen molar-refractivity contribution in [2.24, 2.45) is 10.7 Å². The normalized spacial score (nSPS) is 19.6. The third-order valence-corrected chi connectivity index (χ3v) is 5.80. The number of nitrogens with two attached hydrogens (primary N) is 1. The fourth-order valence-corrected chi connectivity index (χ4v) is 3.47. The monoisotopic (exact) mass is 382 g/mol. The van der Waals surface area contributed by atoms with Crippen molar-refractivity contribution >= 4 is 21.6 Å². The van der Waals surface area contributed by atoms with Crippen molar-refractivity contribution in [3.8, 4) is 17.2 Å². The molecule has 4 N–H and O–H groups in total. The van der Waals surface area contributed by atoms with Gasteiger partial charge in [-0.25, -0.2) is 4.99 Å². The van der Waals surface area contributed by atoms with Gasteiger partial charge in [0.05, 0.1) is 11.6 Å². The molecule has 1 aliphatic heterocycles. The summed E-state index contributed by atoms with van der Waals surface area (Å²) in [5.41, 5.74) is 8.76. The lowest BCUT2D eigenvalue weighted by molar-refractivity contribution is 0.453. The van der Waals surface area contributed by atoms with Crippen LogP contribution in [-0.4, -0.2) is 23.6 Å². The molecule has 0 aliphatic carbocycles. The zero-order chi connectivity index (χ0) is 19.7. The highest BCUT2D eigenvalue weighted by Crippen LogP contribution is 2.31. The van der Waals surface area contributed by atoms with Crippen molar-refractivity contribution < 1.29 is 13.0 Å². The molecule has 7 nitrogen and oxygen atoms in total. The number of nitriles is 1. The van der Waals surface area contributed by atoms with Crippen molar-refractivity contribution in [2.45, 2.75) is 18.1 Å². The molecular formula is C19H18N4O3S. The van der Waals surface area contributed by atoms with Gasteiger partial charge in [-0.2, -0.15) is 13.7 Å². The molecule has 2 aromatic rings. The van der Waals surface area contributed by atoms with E-state index in [0.717, 1.165) is 11.1 Å². The summed E-state index contributed by atoms with van der Waals surface area (Å²) in [5, 5.41) is 12.1. The molecule has 27 heavy (non-hydrogen) atoms. The van der Waals surface area contributed by atoms with Crippen LogP contribution in [0.5, 0.6) is 0 Å². The van der Waals surface area contributed by atoms with Crippen LogP contribution in [0, 0.1) is 11.3 Å². The Morgan fingerprint density at radius 1 is 1.22 bits per heavy atom. The molecule has 1 aliphatic rings. The Kier molecular flexibility index (Phi) is 4.74. The maximum absolute atomic E-state index is 11.7. The first-order valence-corrected chi connectivity index (χ1v) is 9.55. The van der Waals surface area contributed by atoms with E-state index in [2.05, 4.69) is 16.4 Å². The quantitative estimate of drug-likeness (QED) is 0.700. The predicted octanol–water partition coefficient (Wildman–Crippen LogP) is 2.89. The molecular weight excluding hydrogens is 364 g/mol. The zero-order valence-corrected chi connectivity index (χ0v) is 15.4. The summed E-state index contributed by atoms with van der Waals surface area (Å²) in [6, 6.07) is 16.6. The van der Waals surface area contributed by atoms with Gasteiger partial charge in [0.15, 0.2) is 0 Å². The first-order chi connectivity index (χ1) is 12.7. The van der Waals surface area contributed by atoms with Crippen LogP contribution in [0.15, 0.2) is 65.4 Å². The Balaban J connectivity index is 1.95. The molecule has 0 amide bonds. The average Bonchev–Trinajstić information content (AvgIpc) is 2.61. The van der Waals surface area contributed by atoms with Gasteiger partial charge < -0.3 is 11.1 Å². The number of rotatable bonds is 3. The molecule has 0 saturated carbocycles. The summed E-state index contributed by atoms with van der Waals surface area (Å²) < 4.78 is 31.5. The van der Waals surface area contributed by atoms with Gasteiger partial charge in [-0.3, -0.25) is 4.55 Å². The van der Waals surface area contributed by atoms with E-state index in [4.69, 9.17) is 11.0 Å². The minimum absolute atomic E-state index is 0.0136. The van der Waals surface area contributed by atoms with E-state index < -0.39 is 14.9 Å². The first-order valence-electron chi connectivity index (χ1n) is 8.11. The largest absolute Gasteiger partial charge is 0.384 e. The molecule has 0 aromatic heterocycles. The van der Waals surface area contributed by atoms with Gasteiger partial charge in [0.25, 0.3) is 10.1 Å².